The summed E-state index contributed by atoms with van der Waals surface area (Å²) in [6.07, 6.45) is -4.03. The Bertz CT molecular complexity index is 221. The minimum Gasteiger partial charge on any atom is -0.870 e. The molecule has 0 fully saturated rings. The third kappa shape index (κ3) is 36.0. The van der Waals surface area contributed by atoms with Gasteiger partial charge in [0.05, 0.1) is 36.2 Å². The molecule has 0 aromatic carbocycles. The van der Waals surface area contributed by atoms with Gasteiger partial charge in [-0.1, -0.05) is 0 Å². The van der Waals surface area contributed by atoms with Crippen LogP contribution in [-0.4, -0.2) is 57.0 Å². The molecule has 3 atom stereocenters. The Morgan fingerprint density at radius 1 is 0.700 bits per heavy atom. The maximum atomic E-state index is 9.34. The number of hydrogen-bond donors (Lipinski definition) is 3. The second-order valence-electron chi connectivity index (χ2n) is 2.99. The van der Waals surface area contributed by atoms with E-state index in [4.69, 9.17) is 15.3 Å². The normalized spacial score (nSPS) is 12.3. The largest absolute Gasteiger partial charge is 0.870 e. The molecule has 0 radical (unpaired) electrons. The van der Waals surface area contributed by atoms with E-state index in [0.29, 0.717) is 0 Å². The molecular weight excluding hydrogens is 333 g/mol. The third-order valence-electron chi connectivity index (χ3n) is 1.02. The van der Waals surface area contributed by atoms with Crippen LogP contribution in [0.15, 0.2) is 0 Å². The number of aliphatic hydroxyl groups is 3. The summed E-state index contributed by atoms with van der Waals surface area (Å²) in [7, 11) is 0. The quantitative estimate of drug-likeness (QED) is 0.410. The van der Waals surface area contributed by atoms with Crippen molar-refractivity contribution in [3.8, 4) is 0 Å². The van der Waals surface area contributed by atoms with Crippen LogP contribution in [0.2, 0.25) is 0 Å². The van der Waals surface area contributed by atoms with Crippen LogP contribution in [-0.2, 0) is 33.9 Å². The molecule has 118 valence electrons. The first kappa shape index (κ1) is 31.3. The van der Waals surface area contributed by atoms with Gasteiger partial charge in [-0.05, 0) is 20.8 Å². The van der Waals surface area contributed by atoms with Crippen LogP contribution < -0.4 is 15.3 Å². The Morgan fingerprint density at radius 2 is 0.750 bits per heavy atom. The molecule has 10 nitrogen and oxygen atoms in total. The zero-order valence-electron chi connectivity index (χ0n) is 11.2. The topological polar surface area (TPSA) is 211 Å². The molecule has 0 aliphatic carbocycles. The molecule has 0 amide bonds. The van der Waals surface area contributed by atoms with Crippen molar-refractivity contribution in [1.29, 1.82) is 0 Å². The molecule has 3 unspecified atom stereocenters. The van der Waals surface area contributed by atoms with Gasteiger partial charge in [0, 0.05) is 19.5 Å². The number of carboxylic acids is 3. The second kappa shape index (κ2) is 17.9. The van der Waals surface area contributed by atoms with Gasteiger partial charge in [0.15, 0.2) is 0 Å². The summed E-state index contributed by atoms with van der Waals surface area (Å²) in [6.45, 7) is 3.40. The van der Waals surface area contributed by atoms with Gasteiger partial charge in [-0.3, -0.25) is 0 Å². The predicted molar refractivity (Wildman–Crippen MR) is 52.0 cm³/mol. The van der Waals surface area contributed by atoms with Gasteiger partial charge in [-0.15, -0.1) is 0 Å². The Balaban J connectivity index is -0.0000000536. The summed E-state index contributed by atoms with van der Waals surface area (Å²) in [6, 6.07) is 0. The molecule has 0 aromatic heterocycles. The fourth-order valence-corrected chi connectivity index (χ4v) is 0. The molecule has 11 heteroatoms. The van der Waals surface area contributed by atoms with Crippen molar-refractivity contribution in [3.63, 3.8) is 0 Å². The molecule has 0 saturated heterocycles. The van der Waals surface area contributed by atoms with Crippen molar-refractivity contribution < 1.29 is 70.0 Å². The second-order valence-corrected chi connectivity index (χ2v) is 2.99. The Labute approximate surface area is 127 Å². The molecule has 0 heterocycles. The molecular formula is C9H16O10Zn-4. The summed E-state index contributed by atoms with van der Waals surface area (Å²) >= 11 is 0. The number of carbonyl (C=O) groups is 3. The van der Waals surface area contributed by atoms with Crippen LogP contribution in [0, 0.1) is 0 Å². The van der Waals surface area contributed by atoms with Gasteiger partial charge in [-0.2, -0.15) is 0 Å². The van der Waals surface area contributed by atoms with E-state index >= 15 is 0 Å². The maximum absolute atomic E-state index is 9.34. The van der Waals surface area contributed by atoms with Crippen molar-refractivity contribution in [2.75, 3.05) is 0 Å². The Hall–Kier alpha value is -1.13. The van der Waals surface area contributed by atoms with E-state index in [0.717, 1.165) is 20.8 Å². The average Bonchev–Trinajstić information content (AvgIpc) is 2.18. The number of hydrogen-bond acceptors (Lipinski definition) is 10. The maximum Gasteiger partial charge on any atom is 0.0905 e. The van der Waals surface area contributed by atoms with Crippen LogP contribution in [0.3, 0.4) is 0 Å². The standard InChI is InChI=1S/3C3H6O3.H2O.Zn/c3*1-2(4)3(5)6;;/h3*2,4H,1H3,(H,5,6);1H2;/p-4. The fourth-order valence-electron chi connectivity index (χ4n) is 0. The monoisotopic (exact) mass is 348 g/mol. The van der Waals surface area contributed by atoms with Gasteiger partial charge in [0.1, 0.15) is 0 Å². The molecule has 20 heavy (non-hydrogen) atoms. The predicted octanol–water partition coefficient (Wildman–Crippen LogP) is -5.83. The Kier molecular flexibility index (Phi) is 28.0. The van der Waals surface area contributed by atoms with Crippen LogP contribution in [0.1, 0.15) is 20.8 Å². The van der Waals surface area contributed by atoms with E-state index in [2.05, 4.69) is 0 Å². The number of rotatable bonds is 3. The van der Waals surface area contributed by atoms with Crippen molar-refractivity contribution in [3.05, 3.63) is 0 Å². The van der Waals surface area contributed by atoms with Crippen molar-refractivity contribution >= 4 is 17.9 Å². The number of carbonyl (C=O) groups excluding carboxylic acids is 3. The minimum absolute atomic E-state index is 0. The third-order valence-corrected chi connectivity index (χ3v) is 1.02. The Morgan fingerprint density at radius 3 is 0.750 bits per heavy atom. The summed E-state index contributed by atoms with van der Waals surface area (Å²) in [5.41, 5.74) is 0. The van der Waals surface area contributed by atoms with E-state index in [9.17, 15) is 29.7 Å². The molecule has 0 aliphatic heterocycles. The van der Waals surface area contributed by atoms with Crippen LogP contribution in [0.5, 0.6) is 0 Å². The van der Waals surface area contributed by atoms with Crippen molar-refractivity contribution in [2.45, 2.75) is 39.1 Å². The molecule has 0 spiro atoms. The first-order valence-corrected chi connectivity index (χ1v) is 4.60. The smallest absolute Gasteiger partial charge is 0.0905 e. The zero-order chi connectivity index (χ0) is 15.5. The molecule has 0 saturated carbocycles. The molecule has 0 rings (SSSR count). The van der Waals surface area contributed by atoms with E-state index in [1.165, 1.54) is 0 Å². The number of aliphatic carboxylic acids is 3. The van der Waals surface area contributed by atoms with E-state index in [-0.39, 0.29) is 25.0 Å². The van der Waals surface area contributed by atoms with Gasteiger partial charge in [-0.25, -0.2) is 0 Å². The molecule has 0 aromatic rings. The van der Waals surface area contributed by atoms with E-state index < -0.39 is 36.2 Å². The SMILES string of the molecule is CC(O)C(=O)[O-].CC(O)C(=O)[O-].CC(O)C(=O)[O-].[OH-].[Zn]. The summed E-state index contributed by atoms with van der Waals surface area (Å²) in [5, 5.41) is 51.9. The van der Waals surface area contributed by atoms with Gasteiger partial charge in [0.2, 0.25) is 0 Å². The first-order chi connectivity index (χ1) is 7.93. The van der Waals surface area contributed by atoms with Gasteiger partial charge < -0.3 is 50.5 Å². The summed E-state index contributed by atoms with van der Waals surface area (Å²) < 4.78 is 0. The van der Waals surface area contributed by atoms with Crippen LogP contribution in [0.25, 0.3) is 0 Å². The van der Waals surface area contributed by atoms with Crippen LogP contribution in [0.4, 0.5) is 0 Å². The molecule has 0 aliphatic rings. The first-order valence-electron chi connectivity index (χ1n) is 4.60. The van der Waals surface area contributed by atoms with E-state index in [1.54, 1.807) is 0 Å². The summed E-state index contributed by atoms with van der Waals surface area (Å²) in [4.78, 5) is 28.0. The van der Waals surface area contributed by atoms with E-state index in [1.807, 2.05) is 0 Å². The number of aliphatic hydroxyl groups excluding tert-OH is 3. The number of carboxylic acid groups (broad SMARTS) is 3. The van der Waals surface area contributed by atoms with Crippen LogP contribution >= 0.6 is 0 Å². The summed E-state index contributed by atoms with van der Waals surface area (Å²) in [5.74, 6) is -4.31. The molecule has 4 N–H and O–H groups in total. The van der Waals surface area contributed by atoms with Crippen molar-refractivity contribution in [1.82, 2.24) is 0 Å². The fraction of sp³-hybridized carbons (Fsp3) is 0.667. The van der Waals surface area contributed by atoms with Gasteiger partial charge in [0.25, 0.3) is 0 Å². The average molecular weight is 350 g/mol. The van der Waals surface area contributed by atoms with Gasteiger partial charge >= 0.3 is 0 Å². The van der Waals surface area contributed by atoms with Crippen molar-refractivity contribution in [2.24, 2.45) is 0 Å². The molecule has 0 bridgehead atoms. The zero-order valence-corrected chi connectivity index (χ0v) is 14.1. The minimum atomic E-state index is -1.44.